The molecule has 0 heterocycles. The normalized spacial score (nSPS) is 12.2. The molecular weight excluding hydrogens is 570 g/mol. The van der Waals surface area contributed by atoms with Crippen LogP contribution in [0.15, 0.2) is 0 Å². The number of hydrogen-bond acceptors (Lipinski definition) is 6. The fourth-order valence-corrected chi connectivity index (χ4v) is 4.89. The van der Waals surface area contributed by atoms with E-state index in [-0.39, 0.29) is 50.5 Å². The fraction of sp³-hybridized carbons (Fsp3) is 0.806. The molecule has 44 heavy (non-hydrogen) atoms. The van der Waals surface area contributed by atoms with E-state index in [9.17, 15) is 34.2 Å². The van der Waals surface area contributed by atoms with E-state index >= 15 is 0 Å². The van der Waals surface area contributed by atoms with Crippen LogP contribution < -0.4 is 21.7 Å². The van der Waals surface area contributed by atoms with Crippen molar-refractivity contribution in [3.63, 3.8) is 0 Å². The number of carbonyl (C=O) groups is 5. The Balaban J connectivity index is 3.85. The van der Waals surface area contributed by atoms with Crippen molar-refractivity contribution in [1.29, 1.82) is 5.41 Å². The number of guanidine groups is 1. The van der Waals surface area contributed by atoms with Gasteiger partial charge in [0, 0.05) is 25.8 Å². The van der Waals surface area contributed by atoms with Crippen molar-refractivity contribution in [2.24, 2.45) is 5.73 Å². The molecule has 9 N–H and O–H groups in total. The van der Waals surface area contributed by atoms with Crippen LogP contribution in [0.3, 0.4) is 0 Å². The second-order valence-corrected chi connectivity index (χ2v) is 11.5. The van der Waals surface area contributed by atoms with Crippen molar-refractivity contribution >= 4 is 35.7 Å². The number of aliphatic carboxylic acids is 3. The summed E-state index contributed by atoms with van der Waals surface area (Å²) in [5, 5.41) is 41.8. The third kappa shape index (κ3) is 26.3. The van der Waals surface area contributed by atoms with E-state index in [2.05, 4.69) is 16.0 Å². The molecule has 0 rings (SSSR count). The van der Waals surface area contributed by atoms with Gasteiger partial charge in [-0.2, -0.15) is 0 Å². The van der Waals surface area contributed by atoms with Gasteiger partial charge >= 0.3 is 17.9 Å². The summed E-state index contributed by atoms with van der Waals surface area (Å²) in [5.41, 5.74) is 5.17. The number of carboxylic acid groups (broad SMARTS) is 3. The van der Waals surface area contributed by atoms with Gasteiger partial charge in [-0.3, -0.25) is 19.8 Å². The van der Waals surface area contributed by atoms with Gasteiger partial charge in [-0.1, -0.05) is 89.9 Å². The number of amides is 2. The van der Waals surface area contributed by atoms with Crippen LogP contribution in [-0.4, -0.2) is 69.6 Å². The summed E-state index contributed by atoms with van der Waals surface area (Å²) in [5.74, 6) is -4.40. The zero-order valence-corrected chi connectivity index (χ0v) is 26.4. The van der Waals surface area contributed by atoms with E-state index in [1.165, 1.54) is 57.8 Å². The second-order valence-electron chi connectivity index (χ2n) is 11.5. The van der Waals surface area contributed by atoms with Crippen molar-refractivity contribution in [3.05, 3.63) is 0 Å². The van der Waals surface area contributed by atoms with E-state index in [0.29, 0.717) is 12.8 Å². The number of carboxylic acids is 3. The van der Waals surface area contributed by atoms with E-state index in [4.69, 9.17) is 16.2 Å². The molecule has 0 aliphatic rings. The summed E-state index contributed by atoms with van der Waals surface area (Å²) < 4.78 is 0. The molecule has 254 valence electrons. The van der Waals surface area contributed by atoms with Gasteiger partial charge in [-0.25, -0.2) is 9.59 Å². The highest BCUT2D eigenvalue weighted by Crippen LogP contribution is 2.14. The Bertz CT molecular complexity index is 855. The number of carbonyl (C=O) groups excluding carboxylic acids is 2. The maximum Gasteiger partial charge on any atom is 0.326 e. The van der Waals surface area contributed by atoms with Gasteiger partial charge in [0.1, 0.15) is 12.1 Å². The van der Waals surface area contributed by atoms with Crippen LogP contribution in [0.25, 0.3) is 0 Å². The Labute approximate surface area is 262 Å². The summed E-state index contributed by atoms with van der Waals surface area (Å²) in [4.78, 5) is 57.9. The van der Waals surface area contributed by atoms with E-state index < -0.39 is 35.9 Å². The average molecular weight is 628 g/mol. The molecule has 0 bridgehead atoms. The number of hydrogen-bond donors (Lipinski definition) is 8. The first kappa shape index (κ1) is 40.6. The highest BCUT2D eigenvalue weighted by Gasteiger charge is 2.23. The van der Waals surface area contributed by atoms with Crippen LogP contribution in [0.2, 0.25) is 0 Å². The molecule has 0 unspecified atom stereocenters. The largest absolute Gasteiger partial charge is 0.481 e. The predicted molar refractivity (Wildman–Crippen MR) is 168 cm³/mol. The molecule has 13 heteroatoms. The first-order valence-corrected chi connectivity index (χ1v) is 16.4. The summed E-state index contributed by atoms with van der Waals surface area (Å²) in [6.07, 6.45) is 18.3. The number of nitrogens with one attached hydrogen (secondary N) is 4. The SMILES string of the molecule is N=C(N)NCCC[C@H](NC(=O)CC[C@H](NC(=O)CCCCCCCCCCCCCCCCCCC(=O)O)C(=O)O)C(=O)O. The lowest BCUT2D eigenvalue weighted by molar-refractivity contribution is -0.143. The van der Waals surface area contributed by atoms with E-state index in [1.807, 2.05) is 0 Å². The highest BCUT2D eigenvalue weighted by molar-refractivity contribution is 5.86. The monoisotopic (exact) mass is 627 g/mol. The summed E-state index contributed by atoms with van der Waals surface area (Å²) in [7, 11) is 0. The first-order chi connectivity index (χ1) is 21.0. The lowest BCUT2D eigenvalue weighted by Crippen LogP contribution is -2.44. The topological polar surface area (TPSA) is 232 Å². The zero-order chi connectivity index (χ0) is 33.0. The minimum absolute atomic E-state index is 0.113. The minimum Gasteiger partial charge on any atom is -0.481 e. The second kappa shape index (κ2) is 27.2. The van der Waals surface area contributed by atoms with Gasteiger partial charge < -0.3 is 37.0 Å². The van der Waals surface area contributed by atoms with Crippen LogP contribution in [0.4, 0.5) is 0 Å². The molecule has 0 aromatic heterocycles. The maximum absolute atomic E-state index is 12.2. The van der Waals surface area contributed by atoms with Crippen molar-refractivity contribution in [2.45, 2.75) is 153 Å². The van der Waals surface area contributed by atoms with Crippen LogP contribution in [0.1, 0.15) is 141 Å². The van der Waals surface area contributed by atoms with Crippen LogP contribution >= 0.6 is 0 Å². The molecule has 0 saturated heterocycles. The first-order valence-electron chi connectivity index (χ1n) is 16.4. The van der Waals surface area contributed by atoms with Crippen LogP contribution in [0.5, 0.6) is 0 Å². The molecule has 2 atom stereocenters. The molecule has 2 amide bonds. The van der Waals surface area contributed by atoms with Crippen molar-refractivity contribution < 1.29 is 39.3 Å². The number of unbranched alkanes of at least 4 members (excludes halogenated alkanes) is 15. The molecular formula is C31H57N5O8. The molecule has 0 aromatic rings. The molecule has 0 fully saturated rings. The third-order valence-electron chi connectivity index (χ3n) is 7.46. The molecule has 0 radical (unpaired) electrons. The molecule has 0 aromatic carbocycles. The van der Waals surface area contributed by atoms with Crippen molar-refractivity contribution in [3.8, 4) is 0 Å². The third-order valence-corrected chi connectivity index (χ3v) is 7.46. The molecule has 0 aliphatic heterocycles. The number of rotatable bonds is 30. The smallest absolute Gasteiger partial charge is 0.326 e. The summed E-state index contributed by atoms with van der Waals surface area (Å²) in [6.45, 7) is 0.283. The predicted octanol–water partition coefficient (Wildman–Crippen LogP) is 4.28. The van der Waals surface area contributed by atoms with Crippen LogP contribution in [0, 0.1) is 5.41 Å². The standard InChI is InChI=1S/C31H57N5O8/c32-31(33)34-23-17-18-24(29(41)42)35-27(38)22-21-25(30(43)44)36-26(37)19-15-13-11-9-7-5-3-1-2-4-6-8-10-12-14-16-20-28(39)40/h24-25H,1-23H2,(H,35,38)(H,36,37)(H,39,40)(H,41,42)(H,43,44)(H4,32,33,34)/t24-,25-/m0/s1. The molecule has 13 nitrogen and oxygen atoms in total. The molecule has 0 aliphatic carbocycles. The average Bonchev–Trinajstić information content (AvgIpc) is 2.95. The number of nitrogens with two attached hydrogens (primary N) is 1. The van der Waals surface area contributed by atoms with E-state index in [0.717, 1.165) is 38.5 Å². The Kier molecular flexibility index (Phi) is 25.1. The molecule has 0 saturated carbocycles. The van der Waals surface area contributed by atoms with E-state index in [1.54, 1.807) is 0 Å². The van der Waals surface area contributed by atoms with Gasteiger partial charge in [0.05, 0.1) is 0 Å². The summed E-state index contributed by atoms with van der Waals surface area (Å²) >= 11 is 0. The maximum atomic E-state index is 12.2. The van der Waals surface area contributed by atoms with Gasteiger partial charge in [0.15, 0.2) is 5.96 Å². The lowest BCUT2D eigenvalue weighted by Gasteiger charge is -2.17. The van der Waals surface area contributed by atoms with Crippen molar-refractivity contribution in [1.82, 2.24) is 16.0 Å². The van der Waals surface area contributed by atoms with Crippen molar-refractivity contribution in [2.75, 3.05) is 6.54 Å². The minimum atomic E-state index is -1.25. The van der Waals surface area contributed by atoms with Gasteiger partial charge in [0.2, 0.25) is 11.8 Å². The van der Waals surface area contributed by atoms with Gasteiger partial charge in [0.25, 0.3) is 0 Å². The molecule has 0 spiro atoms. The van der Waals surface area contributed by atoms with Crippen LogP contribution in [-0.2, 0) is 24.0 Å². The summed E-state index contributed by atoms with van der Waals surface area (Å²) in [6, 6.07) is -2.38. The Morgan fingerprint density at radius 1 is 0.523 bits per heavy atom. The quantitative estimate of drug-likeness (QED) is 0.0320. The van der Waals surface area contributed by atoms with Gasteiger partial charge in [-0.15, -0.1) is 0 Å². The fourth-order valence-electron chi connectivity index (χ4n) is 4.89. The lowest BCUT2D eigenvalue weighted by atomic mass is 10.0. The Morgan fingerprint density at radius 3 is 1.27 bits per heavy atom. The van der Waals surface area contributed by atoms with Gasteiger partial charge in [-0.05, 0) is 32.1 Å². The Hall–Kier alpha value is -3.38. The highest BCUT2D eigenvalue weighted by atomic mass is 16.4. The zero-order valence-electron chi connectivity index (χ0n) is 26.4. The Morgan fingerprint density at radius 2 is 0.886 bits per heavy atom.